The molecule has 0 radical (unpaired) electrons. The number of nitrogens with zero attached hydrogens (tertiary/aromatic N) is 3. The number of carbonyl (C=O) groups excluding carboxylic acids is 1. The van der Waals surface area contributed by atoms with Crippen LogP contribution in [0.1, 0.15) is 86.2 Å². The maximum absolute atomic E-state index is 14.2. The van der Waals surface area contributed by atoms with Crippen LogP contribution in [0.4, 0.5) is 5.69 Å². The fourth-order valence-corrected chi connectivity index (χ4v) is 13.5. The predicted molar refractivity (Wildman–Crippen MR) is 230 cm³/mol. The molecule has 3 fully saturated rings. The lowest BCUT2D eigenvalue weighted by atomic mass is 9.63. The van der Waals surface area contributed by atoms with E-state index in [-0.39, 0.29) is 35.8 Å². The van der Waals surface area contributed by atoms with E-state index in [1.165, 1.54) is 30.4 Å². The number of hydrogen-bond acceptors (Lipinski definition) is 11. The minimum atomic E-state index is -4.30. The molecule has 1 spiro atoms. The van der Waals surface area contributed by atoms with E-state index in [9.17, 15) is 21.6 Å². The highest BCUT2D eigenvalue weighted by Gasteiger charge is 2.50. The number of anilines is 1. The lowest BCUT2D eigenvalue weighted by Gasteiger charge is -2.53. The Labute approximate surface area is 356 Å². The van der Waals surface area contributed by atoms with Crippen LogP contribution in [0.3, 0.4) is 0 Å². The van der Waals surface area contributed by atoms with Gasteiger partial charge in [-0.15, -0.1) is 0 Å². The minimum absolute atomic E-state index is 0.114. The van der Waals surface area contributed by atoms with Crippen molar-refractivity contribution in [2.75, 3.05) is 77.3 Å². The van der Waals surface area contributed by atoms with Crippen molar-refractivity contribution in [3.8, 4) is 5.75 Å². The van der Waals surface area contributed by atoms with Crippen molar-refractivity contribution in [1.29, 1.82) is 0 Å². The molecule has 12 nitrogen and oxygen atoms in total. The second-order valence-corrected chi connectivity index (χ2v) is 22.2. The number of hydrogen-bond donors (Lipinski definition) is 1. The SMILES string of the molecule is CO[C@]1(CN2CCN3CCCC[C@@H]3C2)/C=C/C[C@H](C)[C@@H](CCOS(C)(=O)=O)S(=O)(=O)NC(=O)c2ccc3c(c2)N(C[C@@H]2CC[C@H]21)C[C@@]1(CCCc2cc(Cl)ccc21)CO3. The van der Waals surface area contributed by atoms with Crippen LogP contribution < -0.4 is 14.4 Å². The molecule has 4 heterocycles. The molecule has 15 heteroatoms. The fourth-order valence-electron chi connectivity index (χ4n) is 11.2. The Morgan fingerprint density at radius 3 is 2.66 bits per heavy atom. The van der Waals surface area contributed by atoms with Gasteiger partial charge in [0, 0.05) is 68.4 Å². The van der Waals surface area contributed by atoms with Crippen LogP contribution in [0.15, 0.2) is 48.6 Å². The second kappa shape index (κ2) is 17.2. The zero-order valence-electron chi connectivity index (χ0n) is 34.7. The summed E-state index contributed by atoms with van der Waals surface area (Å²) in [6.07, 6.45) is 14.1. The number of benzene rings is 2. The highest BCUT2D eigenvalue weighted by molar-refractivity contribution is 7.90. The maximum Gasteiger partial charge on any atom is 0.264 e. The largest absolute Gasteiger partial charge is 0.490 e. The molecule has 1 N–H and O–H groups in total. The van der Waals surface area contributed by atoms with Crippen LogP contribution in [-0.4, -0.2) is 122 Å². The Hall–Kier alpha value is -2.72. The van der Waals surface area contributed by atoms with Gasteiger partial charge >= 0.3 is 0 Å². The summed E-state index contributed by atoms with van der Waals surface area (Å²) in [5, 5.41) is -0.390. The number of ether oxygens (including phenoxy) is 2. The molecule has 4 aliphatic heterocycles. The van der Waals surface area contributed by atoms with Gasteiger partial charge in [0.2, 0.25) is 10.0 Å². The van der Waals surface area contributed by atoms with Gasteiger partial charge in [0.15, 0.2) is 0 Å². The van der Waals surface area contributed by atoms with E-state index in [1.54, 1.807) is 18.2 Å². The zero-order valence-corrected chi connectivity index (χ0v) is 37.1. The molecule has 324 valence electrons. The summed E-state index contributed by atoms with van der Waals surface area (Å²) < 4.78 is 73.1. The van der Waals surface area contributed by atoms with Crippen LogP contribution in [-0.2, 0) is 40.9 Å². The molecule has 2 aromatic rings. The normalized spacial score (nSPS) is 33.3. The Kier molecular flexibility index (Phi) is 12.5. The number of allylic oxidation sites excluding steroid dienone is 1. The first-order valence-electron chi connectivity index (χ1n) is 21.6. The average Bonchev–Trinajstić information content (AvgIpc) is 3.33. The lowest BCUT2D eigenvalue weighted by molar-refractivity contribution is -0.100. The molecular weight excluding hydrogens is 812 g/mol. The van der Waals surface area contributed by atoms with Crippen molar-refractivity contribution in [2.45, 2.75) is 93.4 Å². The van der Waals surface area contributed by atoms with Crippen LogP contribution in [0.25, 0.3) is 0 Å². The monoisotopic (exact) mass is 872 g/mol. The van der Waals surface area contributed by atoms with Crippen molar-refractivity contribution in [2.24, 2.45) is 17.8 Å². The number of aryl methyl sites for hydroxylation is 1. The van der Waals surface area contributed by atoms with E-state index in [4.69, 9.17) is 25.3 Å². The quantitative estimate of drug-likeness (QED) is 0.268. The topological polar surface area (TPSA) is 135 Å². The molecular formula is C44H61ClN4O8S2. The van der Waals surface area contributed by atoms with Crippen LogP contribution in [0.5, 0.6) is 5.75 Å². The predicted octanol–water partition coefficient (Wildman–Crippen LogP) is 5.79. The molecule has 0 aromatic heterocycles. The van der Waals surface area contributed by atoms with Crippen molar-refractivity contribution < 1.29 is 35.3 Å². The van der Waals surface area contributed by atoms with E-state index in [2.05, 4.69) is 43.7 Å². The number of amides is 1. The first-order valence-corrected chi connectivity index (χ1v) is 25.3. The Morgan fingerprint density at radius 1 is 1.03 bits per heavy atom. The van der Waals surface area contributed by atoms with Crippen molar-refractivity contribution >= 4 is 43.3 Å². The molecule has 2 bridgehead atoms. The van der Waals surface area contributed by atoms with Gasteiger partial charge in [-0.25, -0.2) is 13.1 Å². The molecule has 2 aromatic carbocycles. The molecule has 8 rings (SSSR count). The fraction of sp³-hybridized carbons (Fsp3) is 0.659. The molecule has 7 atom stereocenters. The molecule has 6 aliphatic rings. The Bertz CT molecular complexity index is 2140. The van der Waals surface area contributed by atoms with Crippen LogP contribution in [0.2, 0.25) is 5.02 Å². The van der Waals surface area contributed by atoms with Crippen molar-refractivity contribution in [1.82, 2.24) is 14.5 Å². The summed E-state index contributed by atoms with van der Waals surface area (Å²) in [6, 6.07) is 12.0. The number of halogens is 1. The Balaban J connectivity index is 1.19. The van der Waals surface area contributed by atoms with Gasteiger partial charge in [-0.05, 0) is 124 Å². The molecule has 2 aliphatic carbocycles. The number of carbonyl (C=O) groups is 1. The molecule has 59 heavy (non-hydrogen) atoms. The summed E-state index contributed by atoms with van der Waals surface area (Å²) in [5.74, 6) is -0.105. The van der Waals surface area contributed by atoms with Gasteiger partial charge in [-0.3, -0.25) is 18.8 Å². The van der Waals surface area contributed by atoms with Crippen LogP contribution >= 0.6 is 11.6 Å². The zero-order chi connectivity index (χ0) is 41.6. The number of piperidine rings is 1. The molecule has 1 saturated carbocycles. The van der Waals surface area contributed by atoms with E-state index in [0.717, 1.165) is 88.3 Å². The van der Waals surface area contributed by atoms with E-state index < -0.39 is 42.8 Å². The highest BCUT2D eigenvalue weighted by Crippen LogP contribution is 2.49. The Morgan fingerprint density at radius 2 is 1.88 bits per heavy atom. The third-order valence-electron chi connectivity index (χ3n) is 14.4. The first-order chi connectivity index (χ1) is 28.2. The third kappa shape index (κ3) is 9.11. The number of sulfonamides is 1. The first kappa shape index (κ1) is 42.9. The number of methoxy groups -OCH3 is 1. The number of rotatable bonds is 7. The van der Waals surface area contributed by atoms with Crippen molar-refractivity contribution in [3.63, 3.8) is 0 Å². The smallest absolute Gasteiger partial charge is 0.264 e. The third-order valence-corrected chi connectivity index (χ3v) is 17.2. The minimum Gasteiger partial charge on any atom is -0.490 e. The van der Waals surface area contributed by atoms with Gasteiger partial charge in [0.1, 0.15) is 11.4 Å². The summed E-state index contributed by atoms with van der Waals surface area (Å²) in [4.78, 5) is 21.6. The number of fused-ring (bicyclic) bond motifs is 5. The summed E-state index contributed by atoms with van der Waals surface area (Å²) in [5.41, 5.74) is 2.52. The maximum atomic E-state index is 14.2. The summed E-state index contributed by atoms with van der Waals surface area (Å²) in [6.45, 7) is 8.27. The van der Waals surface area contributed by atoms with Gasteiger partial charge in [-0.2, -0.15) is 8.42 Å². The highest BCUT2D eigenvalue weighted by atomic mass is 35.5. The summed E-state index contributed by atoms with van der Waals surface area (Å²) in [7, 11) is -6.29. The number of nitrogens with one attached hydrogen (secondary N) is 1. The van der Waals surface area contributed by atoms with Gasteiger partial charge < -0.3 is 14.4 Å². The molecule has 1 amide bonds. The second-order valence-electron chi connectivity index (χ2n) is 18.3. The van der Waals surface area contributed by atoms with E-state index in [1.807, 2.05) is 20.1 Å². The number of piperazine rings is 1. The standard InChI is InChI=1S/C44H61ClN4O8S2/c1-31-8-6-19-44(55-2,29-47-21-22-48-20-5-4-10-36(48)27-47)38-14-11-34(38)26-49-28-43(18-7-9-32-24-35(45)13-15-37(32)43)30-56-40-16-12-33(25-39(40)49)42(50)46-59(53,54)41(31)17-23-57-58(3,51)52/h6,12-13,15-16,19,24-25,31,34,36,38,41H,4-5,7-11,14,17-18,20-23,26-30H2,1-3H3,(H,46,50)/b19-6+/t31-,34-,36+,38+,41+,43-,44-/m0/s1. The van der Waals surface area contributed by atoms with Gasteiger partial charge in [0.05, 0.1) is 30.4 Å². The average molecular weight is 874 g/mol. The lowest BCUT2D eigenvalue weighted by Crippen LogP contribution is -2.61. The molecule has 0 unspecified atom stereocenters. The van der Waals surface area contributed by atoms with E-state index in [0.29, 0.717) is 31.4 Å². The van der Waals surface area contributed by atoms with Crippen LogP contribution in [0, 0.1) is 17.8 Å². The van der Waals surface area contributed by atoms with Crippen molar-refractivity contribution in [3.05, 3.63) is 70.3 Å². The van der Waals surface area contributed by atoms with Gasteiger partial charge in [-0.1, -0.05) is 43.2 Å². The summed E-state index contributed by atoms with van der Waals surface area (Å²) >= 11 is 6.53. The molecule has 2 saturated heterocycles. The van der Waals surface area contributed by atoms with E-state index >= 15 is 0 Å². The van der Waals surface area contributed by atoms with Gasteiger partial charge in [0.25, 0.3) is 16.0 Å².